The zero-order valence-electron chi connectivity index (χ0n) is 13.4. The van der Waals surface area contributed by atoms with Gasteiger partial charge in [-0.05, 0) is 48.0 Å². The lowest BCUT2D eigenvalue weighted by Crippen LogP contribution is -2.70. The van der Waals surface area contributed by atoms with Crippen LogP contribution in [0.1, 0.15) is 48.0 Å². The summed E-state index contributed by atoms with van der Waals surface area (Å²) in [6.07, 6.45) is 0.617. The largest absolute Gasteiger partial charge is 0.366 e. The minimum absolute atomic E-state index is 0.0109. The van der Waals surface area contributed by atoms with E-state index in [2.05, 4.69) is 0 Å². The quantitative estimate of drug-likeness (QED) is 0.675. The van der Waals surface area contributed by atoms with E-state index in [1.54, 1.807) is 4.90 Å². The molecule has 0 N–H and O–H groups in total. The lowest BCUT2D eigenvalue weighted by molar-refractivity contribution is -0.185. The molecule has 5 heteroatoms. The number of rotatable bonds is 0. The fourth-order valence-electron chi connectivity index (χ4n) is 3.15. The van der Waals surface area contributed by atoms with Crippen molar-refractivity contribution in [3.8, 4) is 0 Å². The van der Waals surface area contributed by atoms with Crippen molar-refractivity contribution in [2.45, 2.75) is 71.2 Å². The lowest BCUT2D eigenvalue weighted by atomic mass is 9.90. The van der Waals surface area contributed by atoms with Gasteiger partial charge in [-0.2, -0.15) is 0 Å². The second kappa shape index (κ2) is 4.72. The number of amides is 2. The first kappa shape index (κ1) is 15.3. The molecule has 2 aliphatic heterocycles. The second-order valence-electron chi connectivity index (χ2n) is 7.68. The van der Waals surface area contributed by atoms with Crippen LogP contribution in [0.3, 0.4) is 0 Å². The highest BCUT2D eigenvalue weighted by atomic mass is 16.5. The molecule has 2 rings (SSSR count). The van der Waals surface area contributed by atoms with Gasteiger partial charge in [0.15, 0.2) is 0 Å². The van der Waals surface area contributed by atoms with E-state index in [0.717, 1.165) is 6.42 Å². The van der Waals surface area contributed by atoms with Crippen LogP contribution in [-0.2, 0) is 14.3 Å². The summed E-state index contributed by atoms with van der Waals surface area (Å²) >= 11 is 0. The molecule has 2 saturated heterocycles. The Balaban J connectivity index is 2.36. The molecular weight excluding hydrogens is 256 g/mol. The van der Waals surface area contributed by atoms with Gasteiger partial charge < -0.3 is 14.5 Å². The van der Waals surface area contributed by atoms with Crippen molar-refractivity contribution in [2.24, 2.45) is 0 Å². The van der Waals surface area contributed by atoms with Gasteiger partial charge in [-0.15, -0.1) is 0 Å². The first-order chi connectivity index (χ1) is 9.03. The van der Waals surface area contributed by atoms with Crippen molar-refractivity contribution in [2.75, 3.05) is 13.2 Å². The minimum Gasteiger partial charge on any atom is -0.366 e. The predicted molar refractivity (Wildman–Crippen MR) is 76.2 cm³/mol. The molecule has 2 atom stereocenters. The van der Waals surface area contributed by atoms with Gasteiger partial charge in [0.25, 0.3) is 0 Å². The Morgan fingerprint density at radius 2 is 1.65 bits per heavy atom. The second-order valence-corrected chi connectivity index (χ2v) is 7.68. The Hall–Kier alpha value is -1.10. The molecule has 0 spiro atoms. The van der Waals surface area contributed by atoms with Crippen LogP contribution in [-0.4, -0.2) is 58.0 Å². The third-order valence-corrected chi connectivity index (χ3v) is 4.01. The molecule has 2 fully saturated rings. The fourth-order valence-corrected chi connectivity index (χ4v) is 3.15. The molecule has 0 bridgehead atoms. The number of hydrogen-bond donors (Lipinski definition) is 0. The number of carbonyl (C=O) groups is 2. The van der Waals surface area contributed by atoms with Crippen LogP contribution in [0.25, 0.3) is 0 Å². The molecule has 0 aromatic heterocycles. The summed E-state index contributed by atoms with van der Waals surface area (Å²) in [5, 5.41) is 0. The Morgan fingerprint density at radius 3 is 2.15 bits per heavy atom. The van der Waals surface area contributed by atoms with Crippen LogP contribution < -0.4 is 0 Å². The molecule has 2 heterocycles. The number of fused-ring (bicyclic) bond motifs is 1. The van der Waals surface area contributed by atoms with E-state index >= 15 is 0 Å². The topological polar surface area (TPSA) is 49.9 Å². The summed E-state index contributed by atoms with van der Waals surface area (Å²) in [5.41, 5.74) is -0.605. The Bertz CT molecular complexity index is 420. The van der Waals surface area contributed by atoms with Gasteiger partial charge in [0.1, 0.15) is 12.6 Å². The van der Waals surface area contributed by atoms with Crippen molar-refractivity contribution in [1.29, 1.82) is 0 Å². The van der Waals surface area contributed by atoms with E-state index in [1.807, 2.05) is 46.4 Å². The zero-order chi connectivity index (χ0) is 15.3. The van der Waals surface area contributed by atoms with Crippen LogP contribution in [0.2, 0.25) is 0 Å². The molecule has 0 aliphatic carbocycles. The lowest BCUT2D eigenvalue weighted by Gasteiger charge is -2.52. The molecule has 0 saturated carbocycles. The van der Waals surface area contributed by atoms with E-state index in [1.165, 1.54) is 0 Å². The van der Waals surface area contributed by atoms with Crippen LogP contribution in [0.15, 0.2) is 0 Å². The first-order valence-electron chi connectivity index (χ1n) is 7.29. The number of ether oxygens (including phenoxy) is 1. The molecule has 0 radical (unpaired) electrons. The van der Waals surface area contributed by atoms with Gasteiger partial charge in [0.2, 0.25) is 11.8 Å². The smallest absolute Gasteiger partial charge is 0.249 e. The Labute approximate surface area is 121 Å². The number of morpholine rings is 1. The maximum absolute atomic E-state index is 12.9. The SMILES string of the molecule is CC(C)(C)N1CCC2OCC(=O)N(C(C)(C)C)C2C1=O. The molecule has 2 amide bonds. The van der Waals surface area contributed by atoms with Crippen LogP contribution in [0.4, 0.5) is 0 Å². The number of carbonyl (C=O) groups excluding carboxylic acids is 2. The molecule has 20 heavy (non-hydrogen) atoms. The highest BCUT2D eigenvalue weighted by Crippen LogP contribution is 2.32. The maximum Gasteiger partial charge on any atom is 0.249 e. The van der Waals surface area contributed by atoms with Crippen molar-refractivity contribution < 1.29 is 14.3 Å². The van der Waals surface area contributed by atoms with Gasteiger partial charge in [-0.1, -0.05) is 0 Å². The molecular formula is C15H26N2O3. The van der Waals surface area contributed by atoms with E-state index in [4.69, 9.17) is 4.74 Å². The number of likely N-dealkylation sites (tertiary alicyclic amines) is 1. The predicted octanol–water partition coefficient (Wildman–Crippen LogP) is 1.41. The third-order valence-electron chi connectivity index (χ3n) is 4.01. The zero-order valence-corrected chi connectivity index (χ0v) is 13.4. The highest BCUT2D eigenvalue weighted by Gasteiger charge is 2.51. The normalized spacial score (nSPS) is 28.7. The average Bonchev–Trinajstić information content (AvgIpc) is 2.26. The van der Waals surface area contributed by atoms with E-state index in [0.29, 0.717) is 6.54 Å². The summed E-state index contributed by atoms with van der Waals surface area (Å²) in [6, 6.07) is -0.482. The Morgan fingerprint density at radius 1 is 1.05 bits per heavy atom. The summed E-state index contributed by atoms with van der Waals surface area (Å²) in [4.78, 5) is 28.7. The van der Waals surface area contributed by atoms with Crippen LogP contribution in [0.5, 0.6) is 0 Å². The first-order valence-corrected chi connectivity index (χ1v) is 7.29. The molecule has 0 aromatic carbocycles. The van der Waals surface area contributed by atoms with E-state index in [-0.39, 0.29) is 35.6 Å². The average molecular weight is 282 g/mol. The third kappa shape index (κ3) is 2.55. The maximum atomic E-state index is 12.9. The van der Waals surface area contributed by atoms with Crippen molar-refractivity contribution >= 4 is 11.8 Å². The number of nitrogens with zero attached hydrogens (tertiary/aromatic N) is 2. The number of hydrogen-bond acceptors (Lipinski definition) is 3. The van der Waals surface area contributed by atoms with Gasteiger partial charge in [0, 0.05) is 17.6 Å². The van der Waals surface area contributed by atoms with Gasteiger partial charge in [-0.3, -0.25) is 9.59 Å². The standard InChI is InChI=1S/C15H26N2O3/c1-14(2,3)16-8-7-10-12(13(16)19)17(15(4,5)6)11(18)9-20-10/h10,12H,7-9H2,1-6H3. The summed E-state index contributed by atoms with van der Waals surface area (Å²) in [6.45, 7) is 12.8. The van der Waals surface area contributed by atoms with E-state index < -0.39 is 6.04 Å². The van der Waals surface area contributed by atoms with Crippen LogP contribution >= 0.6 is 0 Å². The van der Waals surface area contributed by atoms with Crippen molar-refractivity contribution in [3.05, 3.63) is 0 Å². The van der Waals surface area contributed by atoms with Crippen molar-refractivity contribution in [3.63, 3.8) is 0 Å². The summed E-state index contributed by atoms with van der Waals surface area (Å²) in [5.74, 6) is -0.0837. The number of piperidine rings is 1. The highest BCUT2D eigenvalue weighted by molar-refractivity contribution is 5.91. The molecule has 2 unspecified atom stereocenters. The van der Waals surface area contributed by atoms with Crippen LogP contribution in [0, 0.1) is 0 Å². The molecule has 0 aromatic rings. The monoisotopic (exact) mass is 282 g/mol. The minimum atomic E-state index is -0.482. The summed E-state index contributed by atoms with van der Waals surface area (Å²) < 4.78 is 5.61. The molecule has 5 nitrogen and oxygen atoms in total. The van der Waals surface area contributed by atoms with E-state index in [9.17, 15) is 9.59 Å². The van der Waals surface area contributed by atoms with Gasteiger partial charge >= 0.3 is 0 Å². The molecule has 2 aliphatic rings. The summed E-state index contributed by atoms with van der Waals surface area (Å²) in [7, 11) is 0. The van der Waals surface area contributed by atoms with Crippen molar-refractivity contribution in [1.82, 2.24) is 9.80 Å². The molecule has 114 valence electrons. The Kier molecular flexibility index (Phi) is 3.61. The van der Waals surface area contributed by atoms with Gasteiger partial charge in [-0.25, -0.2) is 0 Å². The fraction of sp³-hybridized carbons (Fsp3) is 0.867. The van der Waals surface area contributed by atoms with Gasteiger partial charge in [0.05, 0.1) is 6.10 Å².